The van der Waals surface area contributed by atoms with Crippen LogP contribution in [0.1, 0.15) is 38.5 Å². The highest BCUT2D eigenvalue weighted by molar-refractivity contribution is 5.23. The van der Waals surface area contributed by atoms with Crippen molar-refractivity contribution in [1.82, 2.24) is 0 Å². The molecular weight excluding hydrogens is 202 g/mol. The number of hydrogen-bond acceptors (Lipinski definition) is 3. The first-order valence-electron chi connectivity index (χ1n) is 6.44. The molecule has 1 aliphatic carbocycles. The maximum atomic E-state index is 5.99. The minimum atomic E-state index is 0.0211. The standard InChI is InChI=1S/C13H21NO2/c14-12-2-1-10(7-12)11-3-5-16-13(8-11)4-6-15-9-13/h12H,1-9,14H2. The molecule has 3 rings (SSSR count). The summed E-state index contributed by atoms with van der Waals surface area (Å²) in [5, 5.41) is 0. The third kappa shape index (κ3) is 1.92. The second kappa shape index (κ2) is 4.13. The highest BCUT2D eigenvalue weighted by Gasteiger charge is 2.40. The fourth-order valence-electron chi connectivity index (χ4n) is 3.26. The van der Waals surface area contributed by atoms with Crippen LogP contribution in [0.2, 0.25) is 0 Å². The van der Waals surface area contributed by atoms with Crippen molar-refractivity contribution >= 4 is 0 Å². The monoisotopic (exact) mass is 223 g/mol. The van der Waals surface area contributed by atoms with Crippen LogP contribution in [0.15, 0.2) is 11.1 Å². The van der Waals surface area contributed by atoms with E-state index in [9.17, 15) is 0 Å². The van der Waals surface area contributed by atoms with Crippen LogP contribution in [-0.2, 0) is 9.47 Å². The van der Waals surface area contributed by atoms with E-state index in [1.165, 1.54) is 12.8 Å². The molecule has 90 valence electrons. The summed E-state index contributed by atoms with van der Waals surface area (Å²) in [6.45, 7) is 2.52. The lowest BCUT2D eigenvalue weighted by molar-refractivity contribution is -0.0638. The van der Waals surface area contributed by atoms with Gasteiger partial charge < -0.3 is 15.2 Å². The third-order valence-electron chi connectivity index (χ3n) is 4.24. The van der Waals surface area contributed by atoms with Crippen LogP contribution < -0.4 is 5.73 Å². The molecular formula is C13H21NO2. The Morgan fingerprint density at radius 3 is 2.81 bits per heavy atom. The van der Waals surface area contributed by atoms with Crippen molar-refractivity contribution in [1.29, 1.82) is 0 Å². The number of hydrogen-bond donors (Lipinski definition) is 1. The van der Waals surface area contributed by atoms with Gasteiger partial charge in [0.05, 0.1) is 18.8 Å². The molecule has 2 saturated heterocycles. The first-order valence-corrected chi connectivity index (χ1v) is 6.44. The van der Waals surface area contributed by atoms with E-state index in [1.807, 2.05) is 0 Å². The SMILES string of the molecule is NC1CCC(=C2CCOC3(CCOC3)C2)C1. The Hall–Kier alpha value is -0.380. The summed E-state index contributed by atoms with van der Waals surface area (Å²) in [5.41, 5.74) is 9.26. The first-order chi connectivity index (χ1) is 7.77. The van der Waals surface area contributed by atoms with E-state index in [2.05, 4.69) is 0 Å². The van der Waals surface area contributed by atoms with Gasteiger partial charge in [0, 0.05) is 25.5 Å². The van der Waals surface area contributed by atoms with E-state index in [4.69, 9.17) is 15.2 Å². The lowest BCUT2D eigenvalue weighted by Crippen LogP contribution is -2.37. The van der Waals surface area contributed by atoms with Crippen LogP contribution in [-0.4, -0.2) is 31.5 Å². The summed E-state index contributed by atoms with van der Waals surface area (Å²) >= 11 is 0. The minimum absolute atomic E-state index is 0.0211. The number of ether oxygens (including phenoxy) is 2. The molecule has 0 aromatic carbocycles. The molecule has 2 N–H and O–H groups in total. The molecule has 0 radical (unpaired) electrons. The van der Waals surface area contributed by atoms with Gasteiger partial charge in [0.1, 0.15) is 0 Å². The van der Waals surface area contributed by atoms with Crippen molar-refractivity contribution in [2.24, 2.45) is 5.73 Å². The topological polar surface area (TPSA) is 44.5 Å². The predicted molar refractivity (Wildman–Crippen MR) is 62.2 cm³/mol. The largest absolute Gasteiger partial charge is 0.378 e. The Morgan fingerprint density at radius 2 is 2.12 bits per heavy atom. The lowest BCUT2D eigenvalue weighted by atomic mass is 9.86. The second-order valence-electron chi connectivity index (χ2n) is 5.47. The zero-order valence-corrected chi connectivity index (χ0v) is 9.84. The summed E-state index contributed by atoms with van der Waals surface area (Å²) in [5.74, 6) is 0. The maximum absolute atomic E-state index is 5.99. The molecule has 3 aliphatic rings. The first kappa shape index (κ1) is 10.8. The molecule has 2 heterocycles. The van der Waals surface area contributed by atoms with Crippen molar-refractivity contribution in [3.8, 4) is 0 Å². The molecule has 0 bridgehead atoms. The third-order valence-corrected chi connectivity index (χ3v) is 4.24. The van der Waals surface area contributed by atoms with Gasteiger partial charge in [-0.2, -0.15) is 0 Å². The molecule has 0 aromatic heterocycles. The molecule has 2 aliphatic heterocycles. The molecule has 3 fully saturated rings. The molecule has 3 nitrogen and oxygen atoms in total. The van der Waals surface area contributed by atoms with E-state index in [0.29, 0.717) is 6.04 Å². The molecule has 1 saturated carbocycles. The van der Waals surface area contributed by atoms with Crippen molar-refractivity contribution in [3.05, 3.63) is 11.1 Å². The molecule has 3 heteroatoms. The Labute approximate surface area is 97.0 Å². The van der Waals surface area contributed by atoms with E-state index in [-0.39, 0.29) is 5.60 Å². The minimum Gasteiger partial charge on any atom is -0.378 e. The van der Waals surface area contributed by atoms with Crippen molar-refractivity contribution in [2.45, 2.75) is 50.2 Å². The van der Waals surface area contributed by atoms with Crippen LogP contribution in [0.3, 0.4) is 0 Å². The average Bonchev–Trinajstić information content (AvgIpc) is 2.89. The van der Waals surface area contributed by atoms with E-state index in [0.717, 1.165) is 45.5 Å². The summed E-state index contributed by atoms with van der Waals surface area (Å²) in [6, 6.07) is 0.404. The quantitative estimate of drug-likeness (QED) is 0.636. The van der Waals surface area contributed by atoms with E-state index >= 15 is 0 Å². The Morgan fingerprint density at radius 1 is 1.19 bits per heavy atom. The van der Waals surface area contributed by atoms with Crippen LogP contribution in [0.4, 0.5) is 0 Å². The van der Waals surface area contributed by atoms with Crippen LogP contribution in [0.25, 0.3) is 0 Å². The Bertz CT molecular complexity index is 305. The van der Waals surface area contributed by atoms with Gasteiger partial charge in [-0.25, -0.2) is 0 Å². The molecule has 0 amide bonds. The fraction of sp³-hybridized carbons (Fsp3) is 0.846. The Balaban J connectivity index is 1.77. The molecule has 1 spiro atoms. The number of nitrogens with two attached hydrogens (primary N) is 1. The average molecular weight is 223 g/mol. The van der Waals surface area contributed by atoms with Gasteiger partial charge in [-0.15, -0.1) is 0 Å². The molecule has 16 heavy (non-hydrogen) atoms. The van der Waals surface area contributed by atoms with Gasteiger partial charge in [0.25, 0.3) is 0 Å². The summed E-state index contributed by atoms with van der Waals surface area (Å²) in [4.78, 5) is 0. The normalized spacial score (nSPS) is 44.4. The van der Waals surface area contributed by atoms with Gasteiger partial charge in [0.2, 0.25) is 0 Å². The van der Waals surface area contributed by atoms with Gasteiger partial charge in [-0.3, -0.25) is 0 Å². The van der Waals surface area contributed by atoms with Crippen molar-refractivity contribution < 1.29 is 9.47 Å². The highest BCUT2D eigenvalue weighted by Crippen LogP contribution is 2.39. The summed E-state index contributed by atoms with van der Waals surface area (Å²) in [7, 11) is 0. The zero-order valence-electron chi connectivity index (χ0n) is 9.84. The van der Waals surface area contributed by atoms with Gasteiger partial charge in [-0.1, -0.05) is 11.1 Å². The number of rotatable bonds is 0. The van der Waals surface area contributed by atoms with Crippen molar-refractivity contribution in [3.63, 3.8) is 0 Å². The van der Waals surface area contributed by atoms with Crippen LogP contribution >= 0.6 is 0 Å². The predicted octanol–water partition coefficient (Wildman–Crippen LogP) is 1.76. The molecule has 2 unspecified atom stereocenters. The zero-order chi connectivity index (χ0) is 11.0. The molecule has 2 atom stereocenters. The van der Waals surface area contributed by atoms with Gasteiger partial charge in [-0.05, 0) is 25.7 Å². The summed E-state index contributed by atoms with van der Waals surface area (Å²) < 4.78 is 11.5. The fourth-order valence-corrected chi connectivity index (χ4v) is 3.26. The van der Waals surface area contributed by atoms with Crippen LogP contribution in [0.5, 0.6) is 0 Å². The van der Waals surface area contributed by atoms with Crippen molar-refractivity contribution in [2.75, 3.05) is 19.8 Å². The molecule has 0 aromatic rings. The van der Waals surface area contributed by atoms with E-state index in [1.54, 1.807) is 11.1 Å². The van der Waals surface area contributed by atoms with E-state index < -0.39 is 0 Å². The van der Waals surface area contributed by atoms with Crippen LogP contribution in [0, 0.1) is 0 Å². The lowest BCUT2D eigenvalue weighted by Gasteiger charge is -2.34. The Kier molecular flexibility index (Phi) is 2.78. The smallest absolute Gasteiger partial charge is 0.0973 e. The maximum Gasteiger partial charge on any atom is 0.0973 e. The summed E-state index contributed by atoms with van der Waals surface area (Å²) in [6.07, 6.45) is 6.78. The van der Waals surface area contributed by atoms with Gasteiger partial charge >= 0.3 is 0 Å². The second-order valence-corrected chi connectivity index (χ2v) is 5.47. The highest BCUT2D eigenvalue weighted by atomic mass is 16.6. The van der Waals surface area contributed by atoms with Gasteiger partial charge in [0.15, 0.2) is 0 Å².